The van der Waals surface area contributed by atoms with Gasteiger partial charge in [-0.1, -0.05) is 0 Å². The van der Waals surface area contributed by atoms with Gasteiger partial charge < -0.3 is 14.5 Å². The summed E-state index contributed by atoms with van der Waals surface area (Å²) in [6, 6.07) is 7.16. The quantitative estimate of drug-likeness (QED) is 0.917. The third-order valence-electron chi connectivity index (χ3n) is 2.69. The number of rotatable bonds is 4. The largest absolute Gasteiger partial charge is 0.497 e. The van der Waals surface area contributed by atoms with Crippen LogP contribution < -0.4 is 10.1 Å². The van der Waals surface area contributed by atoms with Gasteiger partial charge in [-0.05, 0) is 31.2 Å². The van der Waals surface area contributed by atoms with Crippen LogP contribution in [0.1, 0.15) is 17.3 Å². The van der Waals surface area contributed by atoms with Gasteiger partial charge in [0.15, 0.2) is 5.89 Å². The molecule has 2 aromatic rings. The Balaban J connectivity index is 1.99. The highest BCUT2D eigenvalue weighted by Crippen LogP contribution is 2.16. The van der Waals surface area contributed by atoms with E-state index in [0.29, 0.717) is 11.7 Å². The standard InChI is InChI=1S/C14H16N2O3/c1-9-13(19-10(2)15-9)8-14(17)16-11-4-6-12(18-3)7-5-11/h4-7H,8H2,1-3H3,(H,16,17). The van der Waals surface area contributed by atoms with Crippen molar-refractivity contribution in [3.8, 4) is 5.75 Å². The summed E-state index contributed by atoms with van der Waals surface area (Å²) in [5, 5.41) is 2.80. The highest BCUT2D eigenvalue weighted by atomic mass is 16.5. The predicted molar refractivity (Wildman–Crippen MR) is 71.3 cm³/mol. The highest BCUT2D eigenvalue weighted by Gasteiger charge is 2.12. The number of methoxy groups -OCH3 is 1. The van der Waals surface area contributed by atoms with Gasteiger partial charge in [-0.15, -0.1) is 0 Å². The molecule has 1 aromatic carbocycles. The fourth-order valence-electron chi connectivity index (χ4n) is 1.76. The molecule has 1 N–H and O–H groups in total. The molecule has 0 bridgehead atoms. The number of anilines is 1. The Bertz CT molecular complexity index is 573. The summed E-state index contributed by atoms with van der Waals surface area (Å²) in [7, 11) is 1.60. The molecule has 0 aliphatic rings. The third kappa shape index (κ3) is 3.34. The van der Waals surface area contributed by atoms with Crippen LogP contribution in [0.3, 0.4) is 0 Å². The fraction of sp³-hybridized carbons (Fsp3) is 0.286. The van der Waals surface area contributed by atoms with E-state index in [1.54, 1.807) is 38.3 Å². The average molecular weight is 260 g/mol. The van der Waals surface area contributed by atoms with E-state index in [-0.39, 0.29) is 12.3 Å². The van der Waals surface area contributed by atoms with Gasteiger partial charge >= 0.3 is 0 Å². The Morgan fingerprint density at radius 3 is 2.53 bits per heavy atom. The molecule has 19 heavy (non-hydrogen) atoms. The Morgan fingerprint density at radius 1 is 1.32 bits per heavy atom. The van der Waals surface area contributed by atoms with Crippen molar-refractivity contribution in [1.82, 2.24) is 4.98 Å². The number of hydrogen-bond donors (Lipinski definition) is 1. The fourth-order valence-corrected chi connectivity index (χ4v) is 1.76. The second-order valence-electron chi connectivity index (χ2n) is 4.19. The minimum Gasteiger partial charge on any atom is -0.497 e. The lowest BCUT2D eigenvalue weighted by molar-refractivity contribution is -0.115. The molecule has 1 amide bonds. The second-order valence-corrected chi connectivity index (χ2v) is 4.19. The number of nitrogens with one attached hydrogen (secondary N) is 1. The summed E-state index contributed by atoms with van der Waals surface area (Å²) in [5.41, 5.74) is 1.47. The number of amides is 1. The summed E-state index contributed by atoms with van der Waals surface area (Å²) in [6.45, 7) is 3.59. The van der Waals surface area contributed by atoms with Crippen LogP contribution in [0.15, 0.2) is 28.7 Å². The molecule has 0 aliphatic heterocycles. The molecule has 2 rings (SSSR count). The maximum absolute atomic E-state index is 11.9. The zero-order chi connectivity index (χ0) is 13.8. The van der Waals surface area contributed by atoms with E-state index in [4.69, 9.17) is 9.15 Å². The number of oxazole rings is 1. The Hall–Kier alpha value is -2.30. The molecule has 5 nitrogen and oxygen atoms in total. The van der Waals surface area contributed by atoms with Gasteiger partial charge in [0, 0.05) is 12.6 Å². The third-order valence-corrected chi connectivity index (χ3v) is 2.69. The molecule has 0 atom stereocenters. The molecule has 0 radical (unpaired) electrons. The Kier molecular flexibility index (Phi) is 3.85. The first-order valence-electron chi connectivity index (χ1n) is 5.95. The first-order chi connectivity index (χ1) is 9.08. The van der Waals surface area contributed by atoms with Crippen molar-refractivity contribution in [2.24, 2.45) is 0 Å². The molecule has 0 saturated carbocycles. The van der Waals surface area contributed by atoms with E-state index in [9.17, 15) is 4.79 Å². The summed E-state index contributed by atoms with van der Waals surface area (Å²) in [4.78, 5) is 16.0. The van der Waals surface area contributed by atoms with Crippen molar-refractivity contribution < 1.29 is 13.9 Å². The van der Waals surface area contributed by atoms with Gasteiger partial charge in [-0.3, -0.25) is 4.79 Å². The van der Waals surface area contributed by atoms with Crippen molar-refractivity contribution >= 4 is 11.6 Å². The van der Waals surface area contributed by atoms with Crippen LogP contribution in [0.2, 0.25) is 0 Å². The van der Waals surface area contributed by atoms with Crippen molar-refractivity contribution in [2.75, 3.05) is 12.4 Å². The highest BCUT2D eigenvalue weighted by molar-refractivity contribution is 5.92. The first kappa shape index (κ1) is 13.1. The van der Waals surface area contributed by atoms with Gasteiger partial charge in [0.05, 0.1) is 19.2 Å². The molecular formula is C14H16N2O3. The maximum Gasteiger partial charge on any atom is 0.232 e. The van der Waals surface area contributed by atoms with Gasteiger partial charge in [0.1, 0.15) is 11.5 Å². The summed E-state index contributed by atoms with van der Waals surface area (Å²) >= 11 is 0. The van der Waals surface area contributed by atoms with Crippen LogP contribution in [0.5, 0.6) is 5.75 Å². The molecule has 1 heterocycles. The number of carbonyl (C=O) groups excluding carboxylic acids is 1. The lowest BCUT2D eigenvalue weighted by atomic mass is 10.2. The average Bonchev–Trinajstić information content (AvgIpc) is 2.68. The van der Waals surface area contributed by atoms with Gasteiger partial charge in [0.25, 0.3) is 0 Å². The number of carbonyl (C=O) groups is 1. The minimum absolute atomic E-state index is 0.135. The number of aromatic nitrogens is 1. The van der Waals surface area contributed by atoms with E-state index in [1.807, 2.05) is 6.92 Å². The Morgan fingerprint density at radius 2 is 2.00 bits per heavy atom. The van der Waals surface area contributed by atoms with Crippen LogP contribution in [0.25, 0.3) is 0 Å². The van der Waals surface area contributed by atoms with Crippen LogP contribution in [-0.4, -0.2) is 18.0 Å². The van der Waals surface area contributed by atoms with Crippen LogP contribution in [0.4, 0.5) is 5.69 Å². The van der Waals surface area contributed by atoms with E-state index in [0.717, 1.165) is 17.1 Å². The van der Waals surface area contributed by atoms with Gasteiger partial charge in [-0.25, -0.2) is 4.98 Å². The topological polar surface area (TPSA) is 64.4 Å². The molecule has 0 spiro atoms. The monoisotopic (exact) mass is 260 g/mol. The minimum atomic E-state index is -0.135. The SMILES string of the molecule is COc1ccc(NC(=O)Cc2oc(C)nc2C)cc1. The van der Waals surface area contributed by atoms with Crippen molar-refractivity contribution in [1.29, 1.82) is 0 Å². The summed E-state index contributed by atoms with van der Waals surface area (Å²) in [5.74, 6) is 1.79. The molecule has 5 heteroatoms. The van der Waals surface area contributed by atoms with Gasteiger partial charge in [0.2, 0.25) is 5.91 Å². The lowest BCUT2D eigenvalue weighted by Crippen LogP contribution is -2.14. The van der Waals surface area contributed by atoms with Crippen molar-refractivity contribution in [2.45, 2.75) is 20.3 Å². The number of hydrogen-bond acceptors (Lipinski definition) is 4. The number of ether oxygens (including phenoxy) is 1. The molecule has 0 saturated heterocycles. The van der Waals surface area contributed by atoms with Crippen molar-refractivity contribution in [3.05, 3.63) is 41.6 Å². The lowest BCUT2D eigenvalue weighted by Gasteiger charge is -2.05. The zero-order valence-corrected chi connectivity index (χ0v) is 11.2. The van der Waals surface area contributed by atoms with E-state index < -0.39 is 0 Å². The molecule has 0 unspecified atom stereocenters. The summed E-state index contributed by atoms with van der Waals surface area (Å²) < 4.78 is 10.4. The molecule has 100 valence electrons. The van der Waals surface area contributed by atoms with E-state index in [2.05, 4.69) is 10.3 Å². The zero-order valence-electron chi connectivity index (χ0n) is 11.2. The van der Waals surface area contributed by atoms with Crippen LogP contribution >= 0.6 is 0 Å². The molecular weight excluding hydrogens is 244 g/mol. The maximum atomic E-state index is 11.9. The van der Waals surface area contributed by atoms with Gasteiger partial charge in [-0.2, -0.15) is 0 Å². The number of benzene rings is 1. The summed E-state index contributed by atoms with van der Waals surface area (Å²) in [6.07, 6.45) is 0.179. The van der Waals surface area contributed by atoms with Crippen LogP contribution in [-0.2, 0) is 11.2 Å². The van der Waals surface area contributed by atoms with E-state index in [1.165, 1.54) is 0 Å². The second kappa shape index (κ2) is 5.56. The van der Waals surface area contributed by atoms with Crippen molar-refractivity contribution in [3.63, 3.8) is 0 Å². The predicted octanol–water partition coefficient (Wildman–Crippen LogP) is 2.48. The number of aryl methyl sites for hydroxylation is 2. The molecule has 1 aromatic heterocycles. The van der Waals surface area contributed by atoms with E-state index >= 15 is 0 Å². The smallest absolute Gasteiger partial charge is 0.232 e. The Labute approximate surface area is 111 Å². The van der Waals surface area contributed by atoms with Crippen LogP contribution in [0, 0.1) is 13.8 Å². The normalized spacial score (nSPS) is 10.3. The first-order valence-corrected chi connectivity index (χ1v) is 5.95. The number of nitrogens with zero attached hydrogens (tertiary/aromatic N) is 1. The molecule has 0 fully saturated rings. The molecule has 0 aliphatic carbocycles.